The number of allylic oxidation sites excluding steroid dienone is 1. The van der Waals surface area contributed by atoms with E-state index < -0.39 is 11.2 Å². The fourth-order valence-corrected chi connectivity index (χ4v) is 7.56. The lowest BCUT2D eigenvalue weighted by Gasteiger charge is -2.50. The molecule has 0 bridgehead atoms. The number of carbonyl (C=O) groups is 3. The molecule has 16 heteroatoms. The van der Waals surface area contributed by atoms with Gasteiger partial charge in [0.2, 0.25) is 5.91 Å². The normalized spacial score (nSPS) is 20.8. The van der Waals surface area contributed by atoms with Crippen LogP contribution in [0.15, 0.2) is 65.9 Å². The van der Waals surface area contributed by atoms with E-state index in [1.165, 1.54) is 6.08 Å². The Labute approximate surface area is 317 Å². The van der Waals surface area contributed by atoms with Gasteiger partial charge in [0.25, 0.3) is 11.8 Å². The number of nitrogens with zero attached hydrogens (tertiary/aromatic N) is 6. The number of para-hydroxylation sites is 1. The van der Waals surface area contributed by atoms with Crippen LogP contribution in [0.1, 0.15) is 79.4 Å². The number of rotatable bonds is 11. The zero-order valence-corrected chi connectivity index (χ0v) is 30.7. The number of fused-ring (bicyclic) bond motifs is 3. The second kappa shape index (κ2) is 13.9. The molecule has 14 nitrogen and oxygen atoms in total. The minimum atomic E-state index is -1.37. The molecule has 276 valence electrons. The monoisotopic (exact) mass is 725 g/mol. The molecule has 3 amide bonds. The van der Waals surface area contributed by atoms with Crippen molar-refractivity contribution >= 4 is 44.8 Å². The molecular weight excluding hydrogens is 680 g/mol. The van der Waals surface area contributed by atoms with Crippen LogP contribution < -0.4 is 32.3 Å². The number of aromatic nitrogens is 3. The maximum absolute atomic E-state index is 13.1. The van der Waals surface area contributed by atoms with E-state index in [0.717, 1.165) is 74.1 Å². The van der Waals surface area contributed by atoms with Gasteiger partial charge in [-0.1, -0.05) is 18.2 Å². The Morgan fingerprint density at radius 1 is 0.981 bits per heavy atom. The number of carbonyl (C=O) groups excluding carboxylic acids is 3. The van der Waals surface area contributed by atoms with Crippen LogP contribution in [0.25, 0.3) is 11.1 Å². The SMILES string of the molecule is [B]C([B])(c1cccc(C(=O)N2CCCC2)n1)N1CC(n2ncc3c2C(C)N(C)c2c(NC(/C=C(\N)NC(=O)C4CC4)=C(/N)C(=O)NC4CC4)cccc2-3)C1. The minimum Gasteiger partial charge on any atom is -0.393 e. The highest BCUT2D eigenvalue weighted by Gasteiger charge is 2.42. The number of anilines is 2. The molecule has 4 fully saturated rings. The van der Waals surface area contributed by atoms with Gasteiger partial charge >= 0.3 is 0 Å². The van der Waals surface area contributed by atoms with Crippen molar-refractivity contribution in [1.29, 1.82) is 0 Å². The lowest BCUT2D eigenvalue weighted by molar-refractivity contribution is -0.121. The molecular formula is C38H45B2N11O3. The van der Waals surface area contributed by atoms with E-state index in [0.29, 0.717) is 30.2 Å². The Morgan fingerprint density at radius 3 is 2.41 bits per heavy atom. The summed E-state index contributed by atoms with van der Waals surface area (Å²) in [5.74, 6) is -0.590. The smallest absolute Gasteiger partial charge is 0.272 e. The van der Waals surface area contributed by atoms with Gasteiger partial charge in [0.1, 0.15) is 17.2 Å². The van der Waals surface area contributed by atoms with E-state index in [1.807, 2.05) is 41.2 Å². The average Bonchev–Trinajstić information content (AvgIpc) is 4.05. The summed E-state index contributed by atoms with van der Waals surface area (Å²) >= 11 is 0. The maximum Gasteiger partial charge on any atom is 0.272 e. The molecule has 2 saturated carbocycles. The molecule has 7 N–H and O–H groups in total. The average molecular weight is 725 g/mol. The topological polar surface area (TPSA) is 180 Å². The molecule has 5 aliphatic rings. The first-order valence-corrected chi connectivity index (χ1v) is 18.8. The minimum absolute atomic E-state index is 0.00613. The van der Waals surface area contributed by atoms with Crippen molar-refractivity contribution in [2.24, 2.45) is 17.4 Å². The summed E-state index contributed by atoms with van der Waals surface area (Å²) < 4.78 is 2.06. The molecule has 1 unspecified atom stereocenters. The van der Waals surface area contributed by atoms with E-state index in [-0.39, 0.29) is 53.1 Å². The van der Waals surface area contributed by atoms with Crippen molar-refractivity contribution in [1.82, 2.24) is 35.2 Å². The molecule has 4 radical (unpaired) electrons. The molecule has 2 aromatic heterocycles. The molecule has 8 rings (SSSR count). The molecule has 3 aromatic rings. The number of pyridine rings is 1. The van der Waals surface area contributed by atoms with E-state index in [4.69, 9.17) is 32.3 Å². The first-order valence-electron chi connectivity index (χ1n) is 18.8. The van der Waals surface area contributed by atoms with Gasteiger partial charge < -0.3 is 42.1 Å². The fourth-order valence-electron chi connectivity index (χ4n) is 7.56. The highest BCUT2D eigenvalue weighted by Crippen LogP contribution is 2.49. The Kier molecular flexibility index (Phi) is 9.19. The number of amides is 3. The van der Waals surface area contributed by atoms with Gasteiger partial charge in [-0.15, -0.1) is 0 Å². The second-order valence-corrected chi connectivity index (χ2v) is 15.2. The summed E-state index contributed by atoms with van der Waals surface area (Å²) in [5, 5.41) is 12.6. The highest BCUT2D eigenvalue weighted by molar-refractivity contribution is 6.39. The Morgan fingerprint density at radius 2 is 1.70 bits per heavy atom. The fraction of sp³-hybridized carbons (Fsp3) is 0.447. The van der Waals surface area contributed by atoms with Crippen molar-refractivity contribution in [3.8, 4) is 11.1 Å². The van der Waals surface area contributed by atoms with Crippen LogP contribution >= 0.6 is 0 Å². The lowest BCUT2D eigenvalue weighted by Crippen LogP contribution is -2.60. The number of hydrogen-bond donors (Lipinski definition) is 5. The molecule has 3 aliphatic heterocycles. The summed E-state index contributed by atoms with van der Waals surface area (Å²) in [6.07, 6.45) is 8.87. The van der Waals surface area contributed by atoms with Crippen LogP contribution in [0.3, 0.4) is 0 Å². The molecule has 5 heterocycles. The number of likely N-dealkylation sites (tertiary alicyclic amines) is 2. The third kappa shape index (κ3) is 6.71. The van der Waals surface area contributed by atoms with Crippen molar-refractivity contribution in [2.45, 2.75) is 68.9 Å². The molecule has 54 heavy (non-hydrogen) atoms. The van der Waals surface area contributed by atoms with Crippen molar-refractivity contribution in [2.75, 3.05) is 43.4 Å². The van der Waals surface area contributed by atoms with Crippen molar-refractivity contribution in [3.63, 3.8) is 0 Å². The van der Waals surface area contributed by atoms with Crippen LogP contribution in [0.2, 0.25) is 0 Å². The number of nitrogens with two attached hydrogens (primary N) is 2. The number of nitrogens with one attached hydrogen (secondary N) is 3. The summed E-state index contributed by atoms with van der Waals surface area (Å²) in [4.78, 5) is 49.2. The van der Waals surface area contributed by atoms with Gasteiger partial charge in [-0.3, -0.25) is 19.1 Å². The summed E-state index contributed by atoms with van der Waals surface area (Å²) in [5.41, 5.74) is 18.3. The summed E-state index contributed by atoms with van der Waals surface area (Å²) in [7, 11) is 15.5. The van der Waals surface area contributed by atoms with E-state index in [9.17, 15) is 14.4 Å². The zero-order valence-electron chi connectivity index (χ0n) is 30.7. The van der Waals surface area contributed by atoms with Gasteiger partial charge in [0.05, 0.1) is 56.7 Å². The standard InChI is InChI=1S/C38H45B2N11O3/c1-21-33-26(18-43-51(33)24-19-50(20-24)38(39,40)30-10-6-9-28(46-30)37(54)49-15-3-4-16-49)25-7-5-8-27(34(25)48(21)2)45-29(32(42)36(53)44-23-13-14-23)17-31(41)47-35(52)22-11-12-22/h5-10,17-18,21-24,45H,3-4,11-16,19-20,41-42H2,1-2H3,(H,44,53)(H,47,52)/b31-17+,32-29+. The van der Waals surface area contributed by atoms with Crippen molar-refractivity contribution in [3.05, 3.63) is 83.0 Å². The largest absolute Gasteiger partial charge is 0.393 e. The molecule has 1 aromatic carbocycles. The second-order valence-electron chi connectivity index (χ2n) is 15.2. The van der Waals surface area contributed by atoms with Crippen LogP contribution in [0.4, 0.5) is 11.4 Å². The maximum atomic E-state index is 13.1. The first kappa shape index (κ1) is 35.8. The van der Waals surface area contributed by atoms with E-state index >= 15 is 0 Å². The summed E-state index contributed by atoms with van der Waals surface area (Å²) in [6, 6.07) is 11.2. The predicted octanol–water partition coefficient (Wildman–Crippen LogP) is 1.88. The molecule has 2 aliphatic carbocycles. The van der Waals surface area contributed by atoms with Crippen molar-refractivity contribution < 1.29 is 14.4 Å². The Bertz CT molecular complexity index is 2060. The molecule has 2 saturated heterocycles. The Balaban J connectivity index is 1.03. The number of benzene rings is 1. The van der Waals surface area contributed by atoms with Crippen LogP contribution in [0, 0.1) is 5.92 Å². The van der Waals surface area contributed by atoms with Gasteiger partial charge in [0.15, 0.2) is 0 Å². The predicted molar refractivity (Wildman–Crippen MR) is 207 cm³/mol. The Hall–Kier alpha value is -5.24. The van der Waals surface area contributed by atoms with Gasteiger partial charge in [-0.05, 0) is 69.0 Å². The van der Waals surface area contributed by atoms with E-state index in [2.05, 4.69) is 37.4 Å². The molecule has 1 atom stereocenters. The van der Waals surface area contributed by atoms with Crippen LogP contribution in [-0.2, 0) is 14.9 Å². The van der Waals surface area contributed by atoms with Crippen LogP contribution in [-0.4, -0.2) is 97.2 Å². The molecule has 0 spiro atoms. The van der Waals surface area contributed by atoms with Gasteiger partial charge in [0, 0.05) is 68.1 Å². The zero-order chi connectivity index (χ0) is 37.9. The number of hydrogen-bond acceptors (Lipinski definition) is 10. The highest BCUT2D eigenvalue weighted by atomic mass is 16.2. The van der Waals surface area contributed by atoms with Gasteiger partial charge in [-0.2, -0.15) is 5.10 Å². The van der Waals surface area contributed by atoms with Gasteiger partial charge in [-0.25, -0.2) is 4.98 Å². The summed E-state index contributed by atoms with van der Waals surface area (Å²) in [6.45, 7) is 4.67. The first-order chi connectivity index (χ1) is 25.9. The third-order valence-corrected chi connectivity index (χ3v) is 11.2. The quantitative estimate of drug-likeness (QED) is 0.111. The lowest BCUT2D eigenvalue weighted by atomic mass is 9.57. The van der Waals surface area contributed by atoms with E-state index in [1.54, 1.807) is 18.2 Å². The third-order valence-electron chi connectivity index (χ3n) is 11.2. The van der Waals surface area contributed by atoms with Crippen LogP contribution in [0.5, 0.6) is 0 Å².